The van der Waals surface area contributed by atoms with Crippen LogP contribution in [-0.4, -0.2) is 83.1 Å². The van der Waals surface area contributed by atoms with E-state index in [0.717, 1.165) is 10.2 Å². The van der Waals surface area contributed by atoms with Crippen LogP contribution in [0.25, 0.3) is 0 Å². The van der Waals surface area contributed by atoms with Crippen molar-refractivity contribution in [2.45, 2.75) is 25.0 Å². The Hall–Kier alpha value is -4.45. The Balaban J connectivity index is 1.20. The third-order valence-corrected chi connectivity index (χ3v) is 6.64. The van der Waals surface area contributed by atoms with E-state index < -0.39 is 24.1 Å². The average Bonchev–Trinajstić information content (AvgIpc) is 3.55. The Morgan fingerprint density at radius 1 is 1.23 bits per heavy atom. The molecule has 11 nitrogen and oxygen atoms in total. The topological polar surface area (TPSA) is 126 Å². The van der Waals surface area contributed by atoms with E-state index in [0.29, 0.717) is 42.1 Å². The van der Waals surface area contributed by atoms with Gasteiger partial charge in [0.05, 0.1) is 18.0 Å². The molecule has 1 fully saturated rings. The van der Waals surface area contributed by atoms with Crippen molar-refractivity contribution in [2.24, 2.45) is 0 Å². The molecule has 2 N–H and O–H groups in total. The number of hydrogen-bond acceptors (Lipinski definition) is 7. The van der Waals surface area contributed by atoms with Gasteiger partial charge in [-0.3, -0.25) is 9.59 Å². The van der Waals surface area contributed by atoms with Crippen molar-refractivity contribution in [1.82, 2.24) is 20.0 Å². The number of halogens is 1. The lowest BCUT2D eigenvalue weighted by molar-refractivity contribution is -0.132. The van der Waals surface area contributed by atoms with E-state index in [1.54, 1.807) is 42.3 Å². The van der Waals surface area contributed by atoms with Crippen molar-refractivity contribution < 1.29 is 33.4 Å². The van der Waals surface area contributed by atoms with E-state index in [1.807, 2.05) is 0 Å². The Morgan fingerprint density at radius 3 is 2.85 bits per heavy atom. The first-order valence-electron chi connectivity index (χ1n) is 12.5. The van der Waals surface area contributed by atoms with Gasteiger partial charge in [-0.25, -0.2) is 9.18 Å². The molecule has 0 spiro atoms. The number of carbonyl (C=O) groups excluding carboxylic acids is 3. The predicted molar refractivity (Wildman–Crippen MR) is 137 cm³/mol. The number of ether oxygens (including phenoxy) is 2. The fourth-order valence-corrected chi connectivity index (χ4v) is 4.54. The number of nitrogens with zero attached hydrogens (tertiary/aromatic N) is 4. The summed E-state index contributed by atoms with van der Waals surface area (Å²) in [4.78, 5) is 41.2. The van der Waals surface area contributed by atoms with Gasteiger partial charge in [0.25, 0.3) is 11.8 Å². The van der Waals surface area contributed by atoms with Crippen molar-refractivity contribution in [2.75, 3.05) is 38.3 Å². The first-order valence-corrected chi connectivity index (χ1v) is 12.5. The Bertz CT molecular complexity index is 1390. The van der Waals surface area contributed by atoms with Gasteiger partial charge in [-0.05, 0) is 41.8 Å². The lowest BCUT2D eigenvalue weighted by Crippen LogP contribution is -2.50. The van der Waals surface area contributed by atoms with E-state index >= 15 is 0 Å². The van der Waals surface area contributed by atoms with Crippen molar-refractivity contribution in [3.8, 4) is 11.5 Å². The number of aromatic nitrogens is 2. The molecule has 3 aromatic rings. The highest BCUT2D eigenvalue weighted by Gasteiger charge is 2.31. The van der Waals surface area contributed by atoms with Crippen LogP contribution in [0.3, 0.4) is 0 Å². The van der Waals surface area contributed by atoms with Crippen LogP contribution in [0.4, 0.5) is 14.9 Å². The summed E-state index contributed by atoms with van der Waals surface area (Å²) in [5.74, 6) is -0.198. The highest BCUT2D eigenvalue weighted by Crippen LogP contribution is 2.34. The van der Waals surface area contributed by atoms with Gasteiger partial charge in [-0.15, -0.1) is 0 Å². The molecular weight excluding hydrogens is 509 g/mol. The second-order valence-corrected chi connectivity index (χ2v) is 9.51. The molecule has 2 atom stereocenters. The maximum atomic E-state index is 13.5. The molecule has 39 heavy (non-hydrogen) atoms. The molecule has 3 amide bonds. The summed E-state index contributed by atoms with van der Waals surface area (Å²) in [5, 5.41) is 16.3. The minimum atomic E-state index is -0.988. The second-order valence-electron chi connectivity index (χ2n) is 9.51. The monoisotopic (exact) mass is 537 g/mol. The van der Waals surface area contributed by atoms with E-state index in [1.165, 1.54) is 29.4 Å². The van der Waals surface area contributed by atoms with Gasteiger partial charge in [0, 0.05) is 38.8 Å². The summed E-state index contributed by atoms with van der Waals surface area (Å²) in [5.41, 5.74) is 1.87. The van der Waals surface area contributed by atoms with Gasteiger partial charge in [0.1, 0.15) is 30.0 Å². The van der Waals surface area contributed by atoms with Crippen LogP contribution in [0.1, 0.15) is 17.5 Å². The number of fused-ring (bicyclic) bond motifs is 1. The Labute approximate surface area is 223 Å². The minimum absolute atomic E-state index is 0.102. The number of anilines is 1. The molecule has 0 radical (unpaired) electrons. The number of hydrogen-bond donors (Lipinski definition) is 2. The first kappa shape index (κ1) is 26.2. The normalized spacial score (nSPS) is 18.8. The molecule has 2 aromatic carbocycles. The summed E-state index contributed by atoms with van der Waals surface area (Å²) in [6, 6.07) is 9.43. The van der Waals surface area contributed by atoms with Crippen LogP contribution >= 0.6 is 0 Å². The van der Waals surface area contributed by atoms with Crippen LogP contribution in [0.15, 0.2) is 54.9 Å². The fraction of sp³-hybridized carbons (Fsp3) is 0.333. The molecule has 0 bridgehead atoms. The third-order valence-electron chi connectivity index (χ3n) is 6.64. The molecule has 204 valence electrons. The van der Waals surface area contributed by atoms with Crippen LogP contribution < -0.4 is 19.7 Å². The molecule has 0 saturated carbocycles. The van der Waals surface area contributed by atoms with E-state index in [2.05, 4.69) is 10.4 Å². The zero-order chi connectivity index (χ0) is 27.5. The zero-order valence-electron chi connectivity index (χ0n) is 21.2. The van der Waals surface area contributed by atoms with Crippen LogP contribution in [0.5, 0.6) is 11.5 Å². The number of likely N-dealkylation sites (N-methyl/N-ethyl adjacent to an activating group) is 1. The summed E-state index contributed by atoms with van der Waals surface area (Å²) < 4.78 is 26.0. The fourth-order valence-electron chi connectivity index (χ4n) is 4.54. The van der Waals surface area contributed by atoms with Crippen molar-refractivity contribution in [3.63, 3.8) is 0 Å². The highest BCUT2D eigenvalue weighted by atomic mass is 19.1. The number of aliphatic hydroxyl groups excluding tert-OH is 1. The summed E-state index contributed by atoms with van der Waals surface area (Å²) >= 11 is 0. The second kappa shape index (κ2) is 11.1. The summed E-state index contributed by atoms with van der Waals surface area (Å²) in [6.07, 6.45) is 3.46. The van der Waals surface area contributed by atoms with Gasteiger partial charge in [0.2, 0.25) is 0 Å². The maximum Gasteiger partial charge on any atom is 0.342 e. The lowest BCUT2D eigenvalue weighted by atomic mass is 10.1. The van der Waals surface area contributed by atoms with Crippen LogP contribution in [-0.2, 0) is 16.0 Å². The van der Waals surface area contributed by atoms with E-state index in [9.17, 15) is 23.9 Å². The number of carbonyl (C=O) groups is 3. The summed E-state index contributed by atoms with van der Waals surface area (Å²) in [7, 11) is 1.56. The number of β-amino-alcohol motifs (C(OH)–C–C–N with tert-alkyl or cyclic N) is 1. The summed E-state index contributed by atoms with van der Waals surface area (Å²) in [6.45, 7) is 0.471. The largest absolute Gasteiger partial charge is 0.489 e. The zero-order valence-corrected chi connectivity index (χ0v) is 21.2. The van der Waals surface area contributed by atoms with E-state index in [-0.39, 0.29) is 31.5 Å². The molecule has 0 unspecified atom stereocenters. The van der Waals surface area contributed by atoms with Crippen LogP contribution in [0.2, 0.25) is 0 Å². The van der Waals surface area contributed by atoms with Gasteiger partial charge in [0.15, 0.2) is 6.61 Å². The molecule has 12 heteroatoms. The number of rotatable bonds is 6. The standard InChI is InChI=1S/C27H28FN5O6/c1-31-23-11-21(38-16-25(35)32-8-7-20(34)14-32)5-6-24(23)39-15-22(26(31)36)30-27(37)33-13-18(12-29-33)9-17-3-2-4-19(28)10-17/h2-6,10-13,20,22,34H,7-9,14-16H2,1H3,(H,30,37)/t20-,22-/m0/s1. The average molecular weight is 538 g/mol. The van der Waals surface area contributed by atoms with E-state index in [4.69, 9.17) is 9.47 Å². The smallest absolute Gasteiger partial charge is 0.342 e. The van der Waals surface area contributed by atoms with Crippen molar-refractivity contribution in [1.29, 1.82) is 0 Å². The molecule has 1 saturated heterocycles. The Morgan fingerprint density at radius 2 is 2.08 bits per heavy atom. The van der Waals surface area contributed by atoms with Crippen molar-refractivity contribution >= 4 is 23.5 Å². The predicted octanol–water partition coefficient (Wildman–Crippen LogP) is 1.57. The van der Waals surface area contributed by atoms with Gasteiger partial charge >= 0.3 is 6.03 Å². The van der Waals surface area contributed by atoms with Crippen LogP contribution in [0, 0.1) is 5.82 Å². The SMILES string of the molecule is CN1C(=O)[C@@H](NC(=O)n2cc(Cc3cccc(F)c3)cn2)COc2ccc(OCC(=O)N3CC[C@H](O)C3)cc21. The quantitative estimate of drug-likeness (QED) is 0.489. The molecule has 2 aliphatic rings. The molecule has 1 aromatic heterocycles. The number of likely N-dealkylation sites (tertiary alicyclic amines) is 1. The molecule has 2 aliphatic heterocycles. The Kier molecular flexibility index (Phi) is 7.46. The number of amides is 3. The molecular formula is C27H28FN5O6. The maximum absolute atomic E-state index is 13.5. The van der Waals surface area contributed by atoms with Gasteiger partial charge in [-0.2, -0.15) is 9.78 Å². The van der Waals surface area contributed by atoms with Crippen molar-refractivity contribution in [3.05, 3.63) is 71.8 Å². The first-order chi connectivity index (χ1) is 18.8. The third kappa shape index (κ3) is 6.01. The number of aliphatic hydroxyl groups is 1. The minimum Gasteiger partial charge on any atom is -0.489 e. The molecule has 3 heterocycles. The van der Waals surface area contributed by atoms with Gasteiger partial charge < -0.3 is 29.7 Å². The highest BCUT2D eigenvalue weighted by molar-refractivity contribution is 6.00. The lowest BCUT2D eigenvalue weighted by Gasteiger charge is -2.21. The van der Waals surface area contributed by atoms with Gasteiger partial charge in [-0.1, -0.05) is 12.1 Å². The molecule has 5 rings (SSSR count). The number of benzene rings is 2. The molecule has 0 aliphatic carbocycles. The number of nitrogens with one attached hydrogen (secondary N) is 1.